The fourth-order valence-electron chi connectivity index (χ4n) is 1.94. The molecule has 0 aliphatic carbocycles. The van der Waals surface area contributed by atoms with Crippen LogP contribution < -0.4 is 5.32 Å². The van der Waals surface area contributed by atoms with E-state index in [1.807, 2.05) is 24.3 Å². The Labute approximate surface area is 93.7 Å². The lowest BCUT2D eigenvalue weighted by Crippen LogP contribution is -2.03. The topological polar surface area (TPSA) is 53.0 Å². The van der Waals surface area contributed by atoms with Gasteiger partial charge in [0.15, 0.2) is 5.76 Å². The molecule has 3 rings (SSSR count). The molecule has 2 aromatic heterocycles. The lowest BCUT2D eigenvalue weighted by Gasteiger charge is -2.00. The molecule has 0 spiro atoms. The van der Waals surface area contributed by atoms with Gasteiger partial charge in [0, 0.05) is 18.8 Å². The van der Waals surface area contributed by atoms with Crippen molar-refractivity contribution >= 4 is 0 Å². The average Bonchev–Trinajstić information content (AvgIpc) is 3.01. The standard InChI is InChI=1S/C12H12N3O/c1-2-6-13-9(4-1)11-8-12(16-15-11)10-5-3-7-14-10/h1-2,4,6,8,10H,3,5,7H2. The largest absolute Gasteiger partial charge is 0.359 e. The van der Waals surface area contributed by atoms with E-state index in [0.29, 0.717) is 0 Å². The van der Waals surface area contributed by atoms with Crippen molar-refractivity contribution in [1.82, 2.24) is 15.5 Å². The first-order chi connectivity index (χ1) is 7.93. The van der Waals surface area contributed by atoms with E-state index >= 15 is 0 Å². The van der Waals surface area contributed by atoms with Gasteiger partial charge in [-0.15, -0.1) is 0 Å². The van der Waals surface area contributed by atoms with Crippen LogP contribution >= 0.6 is 0 Å². The highest BCUT2D eigenvalue weighted by Crippen LogP contribution is 2.27. The van der Waals surface area contributed by atoms with Gasteiger partial charge in [0.1, 0.15) is 5.69 Å². The second kappa shape index (κ2) is 4.06. The lowest BCUT2D eigenvalue weighted by molar-refractivity contribution is 0.351. The minimum atomic E-state index is 0.199. The molecule has 1 aliphatic rings. The Morgan fingerprint density at radius 2 is 2.25 bits per heavy atom. The first-order valence-corrected chi connectivity index (χ1v) is 5.48. The summed E-state index contributed by atoms with van der Waals surface area (Å²) >= 11 is 0. The van der Waals surface area contributed by atoms with Crippen molar-refractivity contribution in [2.75, 3.05) is 6.54 Å². The summed E-state index contributed by atoms with van der Waals surface area (Å²) < 4.78 is 5.32. The molecule has 1 unspecified atom stereocenters. The molecule has 81 valence electrons. The number of hydrogen-bond acceptors (Lipinski definition) is 3. The normalized spacial score (nSPS) is 20.1. The third-order valence-electron chi connectivity index (χ3n) is 2.77. The molecule has 1 radical (unpaired) electrons. The Kier molecular flexibility index (Phi) is 2.42. The fourth-order valence-corrected chi connectivity index (χ4v) is 1.94. The molecule has 1 atom stereocenters. The fraction of sp³-hybridized carbons (Fsp3) is 0.333. The molecule has 1 aliphatic heterocycles. The van der Waals surface area contributed by atoms with Crippen LogP contribution in [0.2, 0.25) is 0 Å². The van der Waals surface area contributed by atoms with Gasteiger partial charge in [0.2, 0.25) is 0 Å². The van der Waals surface area contributed by atoms with E-state index < -0.39 is 0 Å². The Hall–Kier alpha value is -1.68. The summed E-state index contributed by atoms with van der Waals surface area (Å²) in [4.78, 5) is 4.24. The minimum Gasteiger partial charge on any atom is -0.359 e. The van der Waals surface area contributed by atoms with Crippen LogP contribution in [-0.4, -0.2) is 16.7 Å². The lowest BCUT2D eigenvalue weighted by atomic mass is 10.1. The Bertz CT molecular complexity index is 460. The Morgan fingerprint density at radius 3 is 3.00 bits per heavy atom. The van der Waals surface area contributed by atoms with Gasteiger partial charge in [-0.3, -0.25) is 4.98 Å². The van der Waals surface area contributed by atoms with Gasteiger partial charge in [0.25, 0.3) is 0 Å². The highest BCUT2D eigenvalue weighted by Gasteiger charge is 2.22. The maximum absolute atomic E-state index is 5.32. The van der Waals surface area contributed by atoms with E-state index in [4.69, 9.17) is 4.52 Å². The number of rotatable bonds is 2. The van der Waals surface area contributed by atoms with E-state index in [-0.39, 0.29) is 6.04 Å². The number of pyridine rings is 1. The predicted octanol–water partition coefficient (Wildman–Crippen LogP) is 2.18. The van der Waals surface area contributed by atoms with Crippen molar-refractivity contribution in [3.8, 4) is 11.4 Å². The van der Waals surface area contributed by atoms with Crippen LogP contribution in [0.3, 0.4) is 0 Å². The van der Waals surface area contributed by atoms with Crippen LogP contribution in [-0.2, 0) is 0 Å². The van der Waals surface area contributed by atoms with Gasteiger partial charge in [-0.05, 0) is 25.0 Å². The molecular formula is C12H12N3O. The monoisotopic (exact) mass is 214 g/mol. The maximum atomic E-state index is 5.32. The van der Waals surface area contributed by atoms with Gasteiger partial charge in [0.05, 0.1) is 11.7 Å². The van der Waals surface area contributed by atoms with Crippen LogP contribution in [0.25, 0.3) is 11.4 Å². The van der Waals surface area contributed by atoms with Crippen LogP contribution in [0.15, 0.2) is 35.0 Å². The molecule has 16 heavy (non-hydrogen) atoms. The van der Waals surface area contributed by atoms with Gasteiger partial charge in [-0.25, -0.2) is 5.32 Å². The van der Waals surface area contributed by atoms with E-state index in [0.717, 1.165) is 36.5 Å². The van der Waals surface area contributed by atoms with Crippen molar-refractivity contribution in [2.24, 2.45) is 0 Å². The van der Waals surface area contributed by atoms with Crippen molar-refractivity contribution in [1.29, 1.82) is 0 Å². The van der Waals surface area contributed by atoms with Crippen molar-refractivity contribution in [3.05, 3.63) is 36.2 Å². The SMILES string of the molecule is c1ccc(-c2cc(C3CCC[N]3)on2)nc1. The molecule has 0 saturated carbocycles. The first kappa shape index (κ1) is 9.54. The van der Waals surface area contributed by atoms with Crippen molar-refractivity contribution in [3.63, 3.8) is 0 Å². The van der Waals surface area contributed by atoms with Gasteiger partial charge >= 0.3 is 0 Å². The van der Waals surface area contributed by atoms with Crippen molar-refractivity contribution < 1.29 is 4.52 Å². The van der Waals surface area contributed by atoms with Crippen LogP contribution in [0.1, 0.15) is 24.6 Å². The summed E-state index contributed by atoms with van der Waals surface area (Å²) in [7, 11) is 0. The molecule has 0 bridgehead atoms. The summed E-state index contributed by atoms with van der Waals surface area (Å²) in [6.45, 7) is 0.935. The molecule has 1 fully saturated rings. The maximum Gasteiger partial charge on any atom is 0.155 e. The summed E-state index contributed by atoms with van der Waals surface area (Å²) in [6, 6.07) is 7.90. The summed E-state index contributed by atoms with van der Waals surface area (Å²) in [5, 5.41) is 8.49. The summed E-state index contributed by atoms with van der Waals surface area (Å²) in [6.07, 6.45) is 3.96. The van der Waals surface area contributed by atoms with Crippen LogP contribution in [0.5, 0.6) is 0 Å². The summed E-state index contributed by atoms with van der Waals surface area (Å²) in [5.41, 5.74) is 1.63. The molecule has 0 aromatic carbocycles. The van der Waals surface area contributed by atoms with E-state index in [1.165, 1.54) is 0 Å². The molecule has 0 amide bonds. The van der Waals surface area contributed by atoms with E-state index in [2.05, 4.69) is 15.5 Å². The molecule has 0 N–H and O–H groups in total. The minimum absolute atomic E-state index is 0.199. The number of aromatic nitrogens is 2. The van der Waals surface area contributed by atoms with E-state index in [9.17, 15) is 0 Å². The zero-order chi connectivity index (χ0) is 10.8. The zero-order valence-corrected chi connectivity index (χ0v) is 8.84. The average molecular weight is 214 g/mol. The molecule has 1 saturated heterocycles. The number of hydrogen-bond donors (Lipinski definition) is 0. The third kappa shape index (κ3) is 1.72. The smallest absolute Gasteiger partial charge is 0.155 e. The molecule has 2 aromatic rings. The molecule has 4 heteroatoms. The second-order valence-electron chi connectivity index (χ2n) is 3.89. The molecular weight excluding hydrogens is 202 g/mol. The zero-order valence-electron chi connectivity index (χ0n) is 8.84. The second-order valence-corrected chi connectivity index (χ2v) is 3.89. The number of nitrogens with zero attached hydrogens (tertiary/aromatic N) is 3. The Balaban J connectivity index is 1.87. The third-order valence-corrected chi connectivity index (χ3v) is 2.77. The van der Waals surface area contributed by atoms with E-state index in [1.54, 1.807) is 6.20 Å². The van der Waals surface area contributed by atoms with Crippen molar-refractivity contribution in [2.45, 2.75) is 18.9 Å². The Morgan fingerprint density at radius 1 is 1.25 bits per heavy atom. The van der Waals surface area contributed by atoms with Gasteiger partial charge in [-0.1, -0.05) is 11.2 Å². The van der Waals surface area contributed by atoms with Crippen LogP contribution in [0.4, 0.5) is 0 Å². The predicted molar refractivity (Wildman–Crippen MR) is 58.7 cm³/mol. The first-order valence-electron chi connectivity index (χ1n) is 5.48. The summed E-state index contributed by atoms with van der Waals surface area (Å²) in [5.74, 6) is 0.859. The highest BCUT2D eigenvalue weighted by molar-refractivity contribution is 5.53. The highest BCUT2D eigenvalue weighted by atomic mass is 16.5. The van der Waals surface area contributed by atoms with Gasteiger partial charge < -0.3 is 4.52 Å². The van der Waals surface area contributed by atoms with Gasteiger partial charge in [-0.2, -0.15) is 0 Å². The van der Waals surface area contributed by atoms with Crippen LogP contribution in [0, 0.1) is 0 Å². The molecule has 4 nitrogen and oxygen atoms in total. The quantitative estimate of drug-likeness (QED) is 0.769. The molecule has 3 heterocycles.